The summed E-state index contributed by atoms with van der Waals surface area (Å²) in [5.74, 6) is 9.82. The number of nitrogens with zero attached hydrogens (tertiary/aromatic N) is 2. The zero-order valence-electron chi connectivity index (χ0n) is 18.5. The van der Waals surface area contributed by atoms with Crippen LogP contribution in [0.1, 0.15) is 30.6 Å². The number of carbonyl (C=O) groups excluding carboxylic acids is 1. The summed E-state index contributed by atoms with van der Waals surface area (Å²) in [5.41, 5.74) is 2.94. The van der Waals surface area contributed by atoms with Gasteiger partial charge in [-0.05, 0) is 37.3 Å². The van der Waals surface area contributed by atoms with Crippen LogP contribution in [0.5, 0.6) is 11.5 Å². The number of methoxy groups -OCH3 is 2. The quantitative estimate of drug-likeness (QED) is 0.640. The van der Waals surface area contributed by atoms with Crippen LogP contribution in [0.2, 0.25) is 0 Å². The number of anilines is 1. The molecule has 8 nitrogen and oxygen atoms in total. The summed E-state index contributed by atoms with van der Waals surface area (Å²) in [6, 6.07) is 9.02. The molecule has 1 unspecified atom stereocenters. The Hall–Kier alpha value is -3.75. The van der Waals surface area contributed by atoms with Gasteiger partial charge in [0.2, 0.25) is 0 Å². The van der Waals surface area contributed by atoms with E-state index in [4.69, 9.17) is 9.47 Å². The largest absolute Gasteiger partial charge is 0.497 e. The molecule has 0 radical (unpaired) electrons. The summed E-state index contributed by atoms with van der Waals surface area (Å²) in [4.78, 5) is 19.1. The van der Waals surface area contributed by atoms with Crippen LogP contribution in [0.25, 0.3) is 0 Å². The van der Waals surface area contributed by atoms with Gasteiger partial charge in [-0.2, -0.15) is 0 Å². The van der Waals surface area contributed by atoms with Crippen molar-refractivity contribution in [3.05, 3.63) is 41.7 Å². The highest BCUT2D eigenvalue weighted by atomic mass is 16.5. The first kappa shape index (κ1) is 21.5. The summed E-state index contributed by atoms with van der Waals surface area (Å²) in [5, 5.41) is 7.08. The van der Waals surface area contributed by atoms with Crippen molar-refractivity contribution in [2.45, 2.75) is 25.6 Å². The molecule has 3 N–H and O–H groups in total. The molecular weight excluding hydrogens is 406 g/mol. The lowest BCUT2D eigenvalue weighted by Gasteiger charge is -2.36. The summed E-state index contributed by atoms with van der Waals surface area (Å²) < 4.78 is 10.7. The predicted molar refractivity (Wildman–Crippen MR) is 122 cm³/mol. The maximum atomic E-state index is 12.1. The molecule has 2 atom stereocenters. The number of aromatic nitrogens is 1. The second-order valence-electron chi connectivity index (χ2n) is 7.65. The predicted octanol–water partition coefficient (Wildman–Crippen LogP) is 1.94. The molecule has 0 saturated carbocycles. The molecule has 0 bridgehead atoms. The second kappa shape index (κ2) is 9.59. The van der Waals surface area contributed by atoms with Gasteiger partial charge in [0.15, 0.2) is 0 Å². The average molecular weight is 434 g/mol. The van der Waals surface area contributed by atoms with Crippen molar-refractivity contribution in [3.63, 3.8) is 0 Å². The van der Waals surface area contributed by atoms with Crippen molar-refractivity contribution in [3.8, 4) is 35.3 Å². The molecule has 3 heterocycles. The highest BCUT2D eigenvalue weighted by molar-refractivity contribution is 5.93. The van der Waals surface area contributed by atoms with Crippen molar-refractivity contribution >= 4 is 11.6 Å². The van der Waals surface area contributed by atoms with Crippen LogP contribution < -0.4 is 20.1 Å². The number of amides is 1. The molecule has 8 heteroatoms. The molecule has 1 aromatic carbocycles. The van der Waals surface area contributed by atoms with Gasteiger partial charge in [-0.25, -0.2) is 0 Å². The van der Waals surface area contributed by atoms with Crippen molar-refractivity contribution in [1.82, 2.24) is 20.1 Å². The third-order valence-electron chi connectivity index (χ3n) is 5.62. The van der Waals surface area contributed by atoms with Crippen LogP contribution in [-0.2, 0) is 4.79 Å². The van der Waals surface area contributed by atoms with E-state index in [1.807, 2.05) is 35.5 Å². The van der Waals surface area contributed by atoms with Gasteiger partial charge < -0.3 is 24.7 Å². The molecule has 32 heavy (non-hydrogen) atoms. The number of fused-ring (bicyclic) bond motifs is 1. The average Bonchev–Trinajstić information content (AvgIpc) is 3.48. The minimum absolute atomic E-state index is 0.116. The highest BCUT2D eigenvalue weighted by Gasteiger charge is 2.32. The number of carbonyl (C=O) groups is 1. The minimum atomic E-state index is -0.118. The summed E-state index contributed by atoms with van der Waals surface area (Å²) in [6.45, 7) is 3.57. The number of likely N-dealkylation sites (tertiary alicyclic amines) is 1. The van der Waals surface area contributed by atoms with E-state index in [-0.39, 0.29) is 18.1 Å². The van der Waals surface area contributed by atoms with Gasteiger partial charge in [-0.3, -0.25) is 15.0 Å². The smallest absolute Gasteiger partial charge is 0.298 e. The molecule has 1 amide bonds. The van der Waals surface area contributed by atoms with Crippen molar-refractivity contribution in [1.29, 1.82) is 0 Å². The Labute approximate surface area is 188 Å². The van der Waals surface area contributed by atoms with Crippen molar-refractivity contribution < 1.29 is 14.3 Å². The summed E-state index contributed by atoms with van der Waals surface area (Å²) >= 11 is 0. The lowest BCUT2D eigenvalue weighted by molar-refractivity contribution is -0.124. The Morgan fingerprint density at radius 3 is 2.69 bits per heavy atom. The van der Waals surface area contributed by atoms with Gasteiger partial charge in [0.05, 0.1) is 26.6 Å². The molecule has 2 aromatic rings. The van der Waals surface area contributed by atoms with Crippen LogP contribution in [0, 0.1) is 23.8 Å². The van der Waals surface area contributed by atoms with Gasteiger partial charge in [0.1, 0.15) is 17.7 Å². The number of ether oxygens (including phenoxy) is 2. The molecule has 1 saturated heterocycles. The Kier molecular flexibility index (Phi) is 6.44. The number of aromatic amines is 1. The van der Waals surface area contributed by atoms with Crippen LogP contribution in [0.4, 0.5) is 5.69 Å². The van der Waals surface area contributed by atoms with Crippen LogP contribution >= 0.6 is 0 Å². The molecule has 166 valence electrons. The fourth-order valence-electron chi connectivity index (χ4n) is 3.97. The fraction of sp³-hybridized carbons (Fsp3) is 0.375. The molecule has 1 fully saturated rings. The van der Waals surface area contributed by atoms with Gasteiger partial charge >= 0.3 is 0 Å². The van der Waals surface area contributed by atoms with E-state index in [2.05, 4.69) is 39.4 Å². The van der Waals surface area contributed by atoms with Gasteiger partial charge in [0, 0.05) is 54.8 Å². The maximum Gasteiger partial charge on any atom is 0.298 e. The summed E-state index contributed by atoms with van der Waals surface area (Å²) in [7, 11) is 3.24. The standard InChI is InChI=1S/C24H27N5O3/c1-4-5-23(30)28-9-7-18(15-28)27-24-21-13-25-14-22(21)26-16-29(24)8-6-17-10-19(31-2)12-20(11-17)32-3/h10-14,18,24-27H,7,9,15-16H2,1-3H3/t18?,24-/m0/s1. The maximum absolute atomic E-state index is 12.1. The molecule has 1 aromatic heterocycles. The highest BCUT2D eigenvalue weighted by Crippen LogP contribution is 2.31. The monoisotopic (exact) mass is 433 g/mol. The third-order valence-corrected chi connectivity index (χ3v) is 5.62. The van der Waals surface area contributed by atoms with Gasteiger partial charge in [-0.15, -0.1) is 0 Å². The van der Waals surface area contributed by atoms with Gasteiger partial charge in [-0.1, -0.05) is 5.92 Å². The fourth-order valence-corrected chi connectivity index (χ4v) is 3.97. The normalized spacial score (nSPS) is 19.1. The molecule has 2 aliphatic heterocycles. The van der Waals surface area contributed by atoms with E-state index < -0.39 is 0 Å². The summed E-state index contributed by atoms with van der Waals surface area (Å²) in [6.07, 6.45) is 4.68. The number of rotatable bonds is 4. The van der Waals surface area contributed by atoms with Crippen molar-refractivity contribution in [2.24, 2.45) is 0 Å². The van der Waals surface area contributed by atoms with E-state index in [0.29, 0.717) is 31.3 Å². The molecular formula is C24H27N5O3. The van der Waals surface area contributed by atoms with Crippen molar-refractivity contribution in [2.75, 3.05) is 39.3 Å². The van der Waals surface area contributed by atoms with Crippen LogP contribution in [0.15, 0.2) is 30.6 Å². The number of nitrogens with one attached hydrogen (secondary N) is 3. The number of H-pyrrole nitrogens is 1. The Balaban J connectivity index is 1.54. The Morgan fingerprint density at radius 2 is 1.97 bits per heavy atom. The number of hydrogen-bond donors (Lipinski definition) is 3. The second-order valence-corrected chi connectivity index (χ2v) is 7.65. The third kappa shape index (κ3) is 4.61. The molecule has 4 rings (SSSR count). The van der Waals surface area contributed by atoms with Crippen LogP contribution in [0.3, 0.4) is 0 Å². The number of hydrogen-bond acceptors (Lipinski definition) is 6. The number of benzene rings is 1. The molecule has 0 spiro atoms. The van der Waals surface area contributed by atoms with E-state index in [1.54, 1.807) is 26.0 Å². The van der Waals surface area contributed by atoms with Gasteiger partial charge in [0.25, 0.3) is 5.91 Å². The lowest BCUT2D eigenvalue weighted by atomic mass is 10.1. The first-order valence-corrected chi connectivity index (χ1v) is 10.5. The zero-order chi connectivity index (χ0) is 22.5. The van der Waals surface area contributed by atoms with E-state index in [0.717, 1.165) is 23.2 Å². The van der Waals surface area contributed by atoms with E-state index in [1.165, 1.54) is 0 Å². The SMILES string of the molecule is CC#CC(=O)N1CCC(N[C@@H]2c3c[nH]cc3NCN2C#Cc2cc(OC)cc(OC)c2)C1. The van der Waals surface area contributed by atoms with E-state index >= 15 is 0 Å². The first-order valence-electron chi connectivity index (χ1n) is 10.5. The Bertz CT molecular complexity index is 1080. The Morgan fingerprint density at radius 1 is 1.19 bits per heavy atom. The topological polar surface area (TPSA) is 81.9 Å². The molecule has 0 aliphatic carbocycles. The molecule has 2 aliphatic rings. The van der Waals surface area contributed by atoms with Crippen LogP contribution in [-0.4, -0.2) is 60.7 Å². The first-order chi connectivity index (χ1) is 15.6. The lowest BCUT2D eigenvalue weighted by Crippen LogP contribution is -2.46. The van der Waals surface area contributed by atoms with E-state index in [9.17, 15) is 4.79 Å². The minimum Gasteiger partial charge on any atom is -0.497 e. The zero-order valence-corrected chi connectivity index (χ0v) is 18.5.